The van der Waals surface area contributed by atoms with Crippen molar-refractivity contribution in [1.29, 1.82) is 0 Å². The highest BCUT2D eigenvalue weighted by Crippen LogP contribution is 2.30. The lowest BCUT2D eigenvalue weighted by Crippen LogP contribution is -2.16. The summed E-state index contributed by atoms with van der Waals surface area (Å²) >= 11 is 0. The first-order valence-corrected chi connectivity index (χ1v) is 7.72. The first-order chi connectivity index (χ1) is 11.4. The number of nitrogens with one attached hydrogen (secondary N) is 1. The van der Waals surface area contributed by atoms with Gasteiger partial charge in [-0.1, -0.05) is 18.2 Å². The molecule has 6 heteroatoms. The molecule has 0 unspecified atom stereocenters. The van der Waals surface area contributed by atoms with Crippen LogP contribution in [0.25, 0.3) is 0 Å². The lowest BCUT2D eigenvalue weighted by atomic mass is 10.1. The van der Waals surface area contributed by atoms with Gasteiger partial charge in [-0.3, -0.25) is 0 Å². The van der Waals surface area contributed by atoms with Gasteiger partial charge in [0.05, 0.1) is 5.56 Å². The van der Waals surface area contributed by atoms with Gasteiger partial charge < -0.3 is 10.1 Å². The molecule has 0 saturated heterocycles. The molecule has 2 nitrogen and oxygen atoms in total. The third kappa shape index (κ3) is 4.47. The summed E-state index contributed by atoms with van der Waals surface area (Å²) in [6.07, 6.45) is -2.14. The predicted molar refractivity (Wildman–Crippen MR) is 82.0 cm³/mol. The Balaban J connectivity index is 1.61. The van der Waals surface area contributed by atoms with Crippen LogP contribution in [0.15, 0.2) is 42.5 Å². The van der Waals surface area contributed by atoms with Crippen molar-refractivity contribution in [3.8, 4) is 5.75 Å². The van der Waals surface area contributed by atoms with E-state index in [1.165, 1.54) is 12.1 Å². The van der Waals surface area contributed by atoms with E-state index in [0.29, 0.717) is 29.5 Å². The number of halogens is 4. The van der Waals surface area contributed by atoms with Gasteiger partial charge in [0, 0.05) is 24.2 Å². The van der Waals surface area contributed by atoms with E-state index in [0.717, 1.165) is 25.0 Å². The van der Waals surface area contributed by atoms with Crippen LogP contribution in [-0.4, -0.2) is 6.04 Å². The monoisotopic (exact) mass is 339 g/mol. The maximum absolute atomic E-state index is 14.0. The van der Waals surface area contributed by atoms with Crippen molar-refractivity contribution in [3.63, 3.8) is 0 Å². The van der Waals surface area contributed by atoms with Crippen LogP contribution in [-0.2, 0) is 19.3 Å². The molecule has 0 spiro atoms. The molecule has 24 heavy (non-hydrogen) atoms. The summed E-state index contributed by atoms with van der Waals surface area (Å²) in [5.74, 6) is -0.0928. The van der Waals surface area contributed by atoms with Gasteiger partial charge in [-0.15, -0.1) is 0 Å². The quantitative estimate of drug-likeness (QED) is 0.772. The van der Waals surface area contributed by atoms with E-state index in [1.807, 2.05) is 0 Å². The maximum Gasteiger partial charge on any atom is 0.416 e. The molecule has 1 fully saturated rings. The maximum atomic E-state index is 14.0. The van der Waals surface area contributed by atoms with Crippen LogP contribution in [0, 0.1) is 5.82 Å². The number of rotatable bonds is 6. The molecule has 1 N–H and O–H groups in total. The molecular weight excluding hydrogens is 322 g/mol. The Bertz CT molecular complexity index is 710. The Kier molecular flexibility index (Phi) is 4.76. The molecular formula is C18H17F4NO. The molecule has 0 aliphatic heterocycles. The van der Waals surface area contributed by atoms with E-state index in [2.05, 4.69) is 5.32 Å². The normalized spacial score (nSPS) is 14.7. The van der Waals surface area contributed by atoms with Gasteiger partial charge >= 0.3 is 6.18 Å². The lowest BCUT2D eigenvalue weighted by Gasteiger charge is -2.11. The summed E-state index contributed by atoms with van der Waals surface area (Å²) in [4.78, 5) is 0. The van der Waals surface area contributed by atoms with E-state index in [4.69, 9.17) is 4.74 Å². The number of ether oxygens (including phenoxy) is 1. The summed E-state index contributed by atoms with van der Waals surface area (Å²) in [6, 6.07) is 9.91. The van der Waals surface area contributed by atoms with Gasteiger partial charge in [-0.25, -0.2) is 4.39 Å². The van der Waals surface area contributed by atoms with E-state index in [1.54, 1.807) is 18.2 Å². The van der Waals surface area contributed by atoms with Crippen LogP contribution in [0.2, 0.25) is 0 Å². The largest absolute Gasteiger partial charge is 0.489 e. The van der Waals surface area contributed by atoms with Crippen molar-refractivity contribution in [1.82, 2.24) is 5.32 Å². The fourth-order valence-electron chi connectivity index (χ4n) is 2.31. The van der Waals surface area contributed by atoms with Gasteiger partial charge in [0.15, 0.2) is 0 Å². The smallest absolute Gasteiger partial charge is 0.416 e. The molecule has 1 aliphatic carbocycles. The zero-order valence-electron chi connectivity index (χ0n) is 12.9. The van der Waals surface area contributed by atoms with Crippen molar-refractivity contribution in [2.45, 2.75) is 38.2 Å². The van der Waals surface area contributed by atoms with E-state index in [-0.39, 0.29) is 12.4 Å². The van der Waals surface area contributed by atoms with Crippen molar-refractivity contribution in [2.75, 3.05) is 0 Å². The molecule has 0 radical (unpaired) electrons. The Hall–Kier alpha value is -2.08. The second kappa shape index (κ2) is 6.81. The number of benzene rings is 2. The minimum absolute atomic E-state index is 0.0525. The predicted octanol–water partition coefficient (Wildman–Crippen LogP) is 4.68. The molecule has 0 bridgehead atoms. The number of alkyl halides is 3. The minimum atomic E-state index is -4.39. The van der Waals surface area contributed by atoms with Gasteiger partial charge in [0.25, 0.3) is 0 Å². The van der Waals surface area contributed by atoms with Gasteiger partial charge in [-0.2, -0.15) is 13.2 Å². The summed E-state index contributed by atoms with van der Waals surface area (Å²) in [6.45, 7) is 0.410. The van der Waals surface area contributed by atoms with Gasteiger partial charge in [0.2, 0.25) is 0 Å². The SMILES string of the molecule is Fc1cc(OCc2cccc(C(F)(F)F)c2)ccc1CNC1CC1. The van der Waals surface area contributed by atoms with Crippen LogP contribution in [0.5, 0.6) is 5.75 Å². The molecule has 2 aromatic rings. The molecule has 0 atom stereocenters. The van der Waals surface area contributed by atoms with Crippen LogP contribution in [0.4, 0.5) is 17.6 Å². The topological polar surface area (TPSA) is 21.3 Å². The molecule has 2 aromatic carbocycles. The average molecular weight is 339 g/mol. The van der Waals surface area contributed by atoms with E-state index >= 15 is 0 Å². The first kappa shape index (κ1) is 16.8. The first-order valence-electron chi connectivity index (χ1n) is 7.72. The minimum Gasteiger partial charge on any atom is -0.489 e. The zero-order chi connectivity index (χ0) is 17.2. The summed E-state index contributed by atoms with van der Waals surface area (Å²) < 4.78 is 57.4. The highest BCUT2D eigenvalue weighted by molar-refractivity contribution is 5.30. The Morgan fingerprint density at radius 2 is 1.88 bits per heavy atom. The van der Waals surface area contributed by atoms with E-state index < -0.39 is 11.7 Å². The molecule has 1 aliphatic rings. The third-order valence-corrected chi connectivity index (χ3v) is 3.84. The van der Waals surface area contributed by atoms with Crippen molar-refractivity contribution in [3.05, 3.63) is 65.0 Å². The molecule has 0 amide bonds. The highest BCUT2D eigenvalue weighted by Gasteiger charge is 2.30. The zero-order valence-corrected chi connectivity index (χ0v) is 12.9. The highest BCUT2D eigenvalue weighted by atomic mass is 19.4. The number of hydrogen-bond acceptors (Lipinski definition) is 2. The molecule has 1 saturated carbocycles. The Morgan fingerprint density at radius 3 is 2.54 bits per heavy atom. The van der Waals surface area contributed by atoms with Crippen LogP contribution >= 0.6 is 0 Å². The van der Waals surface area contributed by atoms with Gasteiger partial charge in [0.1, 0.15) is 18.2 Å². The second-order valence-corrected chi connectivity index (χ2v) is 5.90. The summed E-state index contributed by atoms with van der Waals surface area (Å²) in [5.41, 5.74) is 0.203. The Labute approximate surface area is 137 Å². The molecule has 128 valence electrons. The molecule has 0 aromatic heterocycles. The fraction of sp³-hybridized carbons (Fsp3) is 0.333. The summed E-state index contributed by atoms with van der Waals surface area (Å²) in [7, 11) is 0. The average Bonchev–Trinajstić information content (AvgIpc) is 3.36. The number of hydrogen-bond donors (Lipinski definition) is 1. The standard InChI is InChI=1S/C18H17F4NO/c19-17-9-16(7-4-13(17)10-23-15-5-6-15)24-11-12-2-1-3-14(8-12)18(20,21)22/h1-4,7-9,15,23H,5-6,10-11H2. The molecule has 0 heterocycles. The summed E-state index contributed by atoms with van der Waals surface area (Å²) in [5, 5.41) is 3.22. The van der Waals surface area contributed by atoms with Crippen LogP contribution in [0.1, 0.15) is 29.5 Å². The van der Waals surface area contributed by atoms with Gasteiger partial charge in [-0.05, 0) is 36.6 Å². The lowest BCUT2D eigenvalue weighted by molar-refractivity contribution is -0.137. The van der Waals surface area contributed by atoms with Crippen molar-refractivity contribution < 1.29 is 22.3 Å². The molecule has 3 rings (SSSR count). The third-order valence-electron chi connectivity index (χ3n) is 3.84. The van der Waals surface area contributed by atoms with E-state index in [9.17, 15) is 17.6 Å². The van der Waals surface area contributed by atoms with Crippen molar-refractivity contribution in [2.24, 2.45) is 0 Å². The van der Waals surface area contributed by atoms with Crippen molar-refractivity contribution >= 4 is 0 Å². The fourth-order valence-corrected chi connectivity index (χ4v) is 2.31. The van der Waals surface area contributed by atoms with Crippen LogP contribution in [0.3, 0.4) is 0 Å². The van der Waals surface area contributed by atoms with Crippen LogP contribution < -0.4 is 10.1 Å². The second-order valence-electron chi connectivity index (χ2n) is 5.90. The Morgan fingerprint density at radius 1 is 1.08 bits per heavy atom.